The SMILES string of the molecule is CCC[C@@H](CCO)Nc1nc(N)nc2c1CN(C(=O)c1ccccc1)CC2. The summed E-state index contributed by atoms with van der Waals surface area (Å²) in [6.07, 6.45) is 3.21. The normalized spacial score (nSPS) is 14.5. The highest BCUT2D eigenvalue weighted by molar-refractivity contribution is 5.94. The van der Waals surface area contributed by atoms with Gasteiger partial charge in [0.15, 0.2) is 0 Å². The Labute approximate surface area is 159 Å². The Bertz CT molecular complexity index is 775. The third-order valence-electron chi connectivity index (χ3n) is 4.84. The number of hydrogen-bond acceptors (Lipinski definition) is 6. The van der Waals surface area contributed by atoms with Crippen LogP contribution in [-0.4, -0.2) is 45.1 Å². The predicted molar refractivity (Wildman–Crippen MR) is 105 cm³/mol. The van der Waals surface area contributed by atoms with Gasteiger partial charge in [0.25, 0.3) is 5.91 Å². The second kappa shape index (κ2) is 8.81. The first-order valence-electron chi connectivity index (χ1n) is 9.49. The van der Waals surface area contributed by atoms with Gasteiger partial charge in [-0.1, -0.05) is 31.5 Å². The van der Waals surface area contributed by atoms with Crippen molar-refractivity contribution in [2.24, 2.45) is 0 Å². The predicted octanol–water partition coefficient (Wildman–Crippen LogP) is 2.22. The van der Waals surface area contributed by atoms with Crippen molar-refractivity contribution in [3.05, 3.63) is 47.2 Å². The number of amides is 1. The number of nitrogens with one attached hydrogen (secondary N) is 1. The molecule has 0 spiro atoms. The first-order valence-corrected chi connectivity index (χ1v) is 9.49. The number of fused-ring (bicyclic) bond motifs is 1. The van der Waals surface area contributed by atoms with Crippen LogP contribution in [0.3, 0.4) is 0 Å². The summed E-state index contributed by atoms with van der Waals surface area (Å²) in [6.45, 7) is 3.27. The molecular formula is C20H27N5O2. The van der Waals surface area contributed by atoms with Crippen LogP contribution in [0, 0.1) is 0 Å². The molecule has 1 aromatic heterocycles. The Balaban J connectivity index is 1.84. The number of nitrogen functional groups attached to an aromatic ring is 1. The van der Waals surface area contributed by atoms with Gasteiger partial charge in [0.1, 0.15) is 5.82 Å². The van der Waals surface area contributed by atoms with Crippen molar-refractivity contribution in [1.82, 2.24) is 14.9 Å². The monoisotopic (exact) mass is 369 g/mol. The molecule has 0 aliphatic carbocycles. The van der Waals surface area contributed by atoms with Gasteiger partial charge in [0, 0.05) is 36.7 Å². The summed E-state index contributed by atoms with van der Waals surface area (Å²) < 4.78 is 0. The van der Waals surface area contributed by atoms with Crippen molar-refractivity contribution in [2.75, 3.05) is 24.2 Å². The Morgan fingerprint density at radius 3 is 2.78 bits per heavy atom. The minimum Gasteiger partial charge on any atom is -0.396 e. The number of anilines is 2. The molecule has 1 aliphatic heterocycles. The molecule has 27 heavy (non-hydrogen) atoms. The van der Waals surface area contributed by atoms with Crippen molar-refractivity contribution in [3.63, 3.8) is 0 Å². The second-order valence-electron chi connectivity index (χ2n) is 6.84. The largest absolute Gasteiger partial charge is 0.396 e. The summed E-state index contributed by atoms with van der Waals surface area (Å²) in [5.41, 5.74) is 8.38. The van der Waals surface area contributed by atoms with E-state index in [2.05, 4.69) is 22.2 Å². The molecule has 7 heteroatoms. The lowest BCUT2D eigenvalue weighted by molar-refractivity contribution is 0.0734. The number of carbonyl (C=O) groups is 1. The topological polar surface area (TPSA) is 104 Å². The van der Waals surface area contributed by atoms with Crippen molar-refractivity contribution < 1.29 is 9.90 Å². The van der Waals surface area contributed by atoms with Gasteiger partial charge in [0.2, 0.25) is 5.95 Å². The van der Waals surface area contributed by atoms with Crippen molar-refractivity contribution in [2.45, 2.75) is 45.2 Å². The molecule has 0 bridgehead atoms. The quantitative estimate of drug-likeness (QED) is 0.691. The molecule has 1 atom stereocenters. The van der Waals surface area contributed by atoms with Crippen molar-refractivity contribution >= 4 is 17.7 Å². The fraction of sp³-hybridized carbons (Fsp3) is 0.450. The highest BCUT2D eigenvalue weighted by Crippen LogP contribution is 2.27. The van der Waals surface area contributed by atoms with Gasteiger partial charge in [-0.2, -0.15) is 4.98 Å². The number of rotatable bonds is 7. The van der Waals surface area contributed by atoms with Crippen LogP contribution in [0.4, 0.5) is 11.8 Å². The summed E-state index contributed by atoms with van der Waals surface area (Å²) in [5, 5.41) is 12.7. The van der Waals surface area contributed by atoms with Crippen LogP contribution < -0.4 is 11.1 Å². The van der Waals surface area contributed by atoms with Crippen LogP contribution in [0.25, 0.3) is 0 Å². The molecule has 1 aromatic carbocycles. The zero-order valence-electron chi connectivity index (χ0n) is 15.7. The van der Waals surface area contributed by atoms with Gasteiger partial charge < -0.3 is 21.1 Å². The maximum Gasteiger partial charge on any atom is 0.254 e. The van der Waals surface area contributed by atoms with E-state index in [4.69, 9.17) is 5.73 Å². The van der Waals surface area contributed by atoms with Crippen LogP contribution in [0.5, 0.6) is 0 Å². The minimum absolute atomic E-state index is 0.00416. The first kappa shape index (κ1) is 19.1. The summed E-state index contributed by atoms with van der Waals surface area (Å²) in [7, 11) is 0. The summed E-state index contributed by atoms with van der Waals surface area (Å²) >= 11 is 0. The zero-order chi connectivity index (χ0) is 19.2. The summed E-state index contributed by atoms with van der Waals surface area (Å²) in [4.78, 5) is 23.4. The van der Waals surface area contributed by atoms with E-state index in [9.17, 15) is 9.90 Å². The number of hydrogen-bond donors (Lipinski definition) is 3. The van der Waals surface area contributed by atoms with Gasteiger partial charge in [-0.05, 0) is 25.0 Å². The van der Waals surface area contributed by atoms with E-state index in [0.717, 1.165) is 24.1 Å². The lowest BCUT2D eigenvalue weighted by atomic mass is 10.0. The Hall–Kier alpha value is -2.67. The zero-order valence-corrected chi connectivity index (χ0v) is 15.7. The molecule has 0 fully saturated rings. The van der Waals surface area contributed by atoms with E-state index in [1.165, 1.54) is 0 Å². The van der Waals surface area contributed by atoms with E-state index in [1.807, 2.05) is 35.2 Å². The van der Waals surface area contributed by atoms with Crippen LogP contribution in [0.1, 0.15) is 47.8 Å². The molecule has 3 rings (SSSR count). The van der Waals surface area contributed by atoms with Gasteiger partial charge in [0.05, 0.1) is 12.2 Å². The molecule has 7 nitrogen and oxygen atoms in total. The fourth-order valence-corrected chi connectivity index (χ4v) is 3.48. The maximum atomic E-state index is 12.8. The van der Waals surface area contributed by atoms with E-state index in [0.29, 0.717) is 37.3 Å². The standard InChI is InChI=1S/C20H27N5O2/c1-2-6-15(10-12-26)22-18-16-13-25(11-9-17(16)23-20(21)24-18)19(27)14-7-4-3-5-8-14/h3-5,7-8,15,26H,2,6,9-13H2,1H3,(H3,21,22,23,24)/t15-/m0/s1. The number of carbonyl (C=O) groups excluding carboxylic acids is 1. The number of benzene rings is 1. The van der Waals surface area contributed by atoms with Gasteiger partial charge in [-0.15, -0.1) is 0 Å². The Morgan fingerprint density at radius 1 is 1.30 bits per heavy atom. The minimum atomic E-state index is 0.00416. The fourth-order valence-electron chi connectivity index (χ4n) is 3.48. The first-order chi connectivity index (χ1) is 13.1. The van der Waals surface area contributed by atoms with Crippen LogP contribution in [0.2, 0.25) is 0 Å². The lowest BCUT2D eigenvalue weighted by Crippen LogP contribution is -2.37. The molecule has 0 radical (unpaired) electrons. The van der Waals surface area contributed by atoms with Gasteiger partial charge >= 0.3 is 0 Å². The molecule has 2 heterocycles. The molecule has 1 aliphatic rings. The number of aromatic nitrogens is 2. The maximum absolute atomic E-state index is 12.8. The van der Waals surface area contributed by atoms with Gasteiger partial charge in [-0.3, -0.25) is 4.79 Å². The third kappa shape index (κ3) is 4.54. The molecule has 1 amide bonds. The number of nitrogens with zero attached hydrogens (tertiary/aromatic N) is 3. The van der Waals surface area contributed by atoms with E-state index in [1.54, 1.807) is 0 Å². The average Bonchev–Trinajstić information content (AvgIpc) is 2.68. The number of aliphatic hydroxyl groups excluding tert-OH is 1. The average molecular weight is 369 g/mol. The van der Waals surface area contributed by atoms with E-state index in [-0.39, 0.29) is 24.5 Å². The molecule has 144 valence electrons. The van der Waals surface area contributed by atoms with Crippen LogP contribution >= 0.6 is 0 Å². The summed E-state index contributed by atoms with van der Waals surface area (Å²) in [6, 6.07) is 9.40. The number of aliphatic hydroxyl groups is 1. The van der Waals surface area contributed by atoms with E-state index < -0.39 is 0 Å². The molecule has 0 saturated carbocycles. The third-order valence-corrected chi connectivity index (χ3v) is 4.84. The summed E-state index contributed by atoms with van der Waals surface area (Å²) in [5.74, 6) is 0.915. The van der Waals surface area contributed by atoms with Crippen LogP contribution in [0.15, 0.2) is 30.3 Å². The van der Waals surface area contributed by atoms with Gasteiger partial charge in [-0.25, -0.2) is 4.98 Å². The van der Waals surface area contributed by atoms with Crippen molar-refractivity contribution in [3.8, 4) is 0 Å². The molecular weight excluding hydrogens is 342 g/mol. The molecule has 0 unspecified atom stereocenters. The highest BCUT2D eigenvalue weighted by atomic mass is 16.3. The molecule has 0 saturated heterocycles. The Morgan fingerprint density at radius 2 is 2.07 bits per heavy atom. The second-order valence-corrected chi connectivity index (χ2v) is 6.84. The Kier molecular flexibility index (Phi) is 6.24. The van der Waals surface area contributed by atoms with Crippen molar-refractivity contribution in [1.29, 1.82) is 0 Å². The van der Waals surface area contributed by atoms with Crippen LogP contribution in [-0.2, 0) is 13.0 Å². The molecule has 2 aromatic rings. The smallest absolute Gasteiger partial charge is 0.254 e. The highest BCUT2D eigenvalue weighted by Gasteiger charge is 2.26. The molecule has 4 N–H and O–H groups in total. The lowest BCUT2D eigenvalue weighted by Gasteiger charge is -2.30. The number of nitrogens with two attached hydrogens (primary N) is 1. The van der Waals surface area contributed by atoms with E-state index >= 15 is 0 Å².